The third kappa shape index (κ3) is 5.04. The van der Waals surface area contributed by atoms with Crippen molar-refractivity contribution >= 4 is 23.1 Å². The van der Waals surface area contributed by atoms with Crippen LogP contribution in [0.5, 0.6) is 0 Å². The van der Waals surface area contributed by atoms with E-state index in [1.54, 1.807) is 12.1 Å². The summed E-state index contributed by atoms with van der Waals surface area (Å²) in [6, 6.07) is 4.84. The van der Waals surface area contributed by atoms with Crippen LogP contribution in [0.4, 0.5) is 10.1 Å². The van der Waals surface area contributed by atoms with Crippen molar-refractivity contribution in [1.82, 2.24) is 4.90 Å². The number of hydrogen-bond donors (Lipinski definition) is 1. The molecular formula is C24H30FN3O2. The van der Waals surface area contributed by atoms with E-state index >= 15 is 0 Å². The zero-order valence-corrected chi connectivity index (χ0v) is 17.5. The van der Waals surface area contributed by atoms with Crippen molar-refractivity contribution < 1.29 is 14.0 Å². The SMILES string of the molecule is O=C(CCN1CCCCC1)Nc1cc(CC2=NCC(=O)C3=C2CCCC3)ccc1F. The summed E-state index contributed by atoms with van der Waals surface area (Å²) in [5.74, 6) is -0.438. The first kappa shape index (κ1) is 20.9. The minimum Gasteiger partial charge on any atom is -0.324 e. The molecule has 0 unspecified atom stereocenters. The number of nitrogens with one attached hydrogen (secondary N) is 1. The quantitative estimate of drug-likeness (QED) is 0.767. The number of piperidine rings is 1. The van der Waals surface area contributed by atoms with Gasteiger partial charge in [0.05, 0.1) is 5.69 Å². The Morgan fingerprint density at radius 1 is 1.07 bits per heavy atom. The van der Waals surface area contributed by atoms with Crippen LogP contribution in [0, 0.1) is 5.82 Å². The lowest BCUT2D eigenvalue weighted by molar-refractivity contribution is -0.116. The summed E-state index contributed by atoms with van der Waals surface area (Å²) in [6.45, 7) is 3.02. The van der Waals surface area contributed by atoms with Crippen LogP contribution in [0.3, 0.4) is 0 Å². The van der Waals surface area contributed by atoms with Crippen LogP contribution in [0.2, 0.25) is 0 Å². The third-order valence-corrected chi connectivity index (χ3v) is 6.35. The van der Waals surface area contributed by atoms with E-state index in [0.29, 0.717) is 12.8 Å². The smallest absolute Gasteiger partial charge is 0.225 e. The van der Waals surface area contributed by atoms with Gasteiger partial charge in [-0.15, -0.1) is 0 Å². The summed E-state index contributed by atoms with van der Waals surface area (Å²) >= 11 is 0. The van der Waals surface area contributed by atoms with Crippen molar-refractivity contribution in [3.8, 4) is 0 Å². The molecule has 0 spiro atoms. The Labute approximate surface area is 177 Å². The molecule has 0 atom stereocenters. The van der Waals surface area contributed by atoms with Crippen molar-refractivity contribution in [1.29, 1.82) is 0 Å². The van der Waals surface area contributed by atoms with E-state index in [9.17, 15) is 14.0 Å². The van der Waals surface area contributed by atoms with Crippen LogP contribution in [0.1, 0.15) is 56.9 Å². The highest BCUT2D eigenvalue weighted by molar-refractivity contribution is 6.14. The van der Waals surface area contributed by atoms with Crippen molar-refractivity contribution in [3.05, 3.63) is 40.7 Å². The molecule has 160 valence electrons. The maximum absolute atomic E-state index is 14.3. The molecule has 2 aliphatic heterocycles. The topological polar surface area (TPSA) is 61.8 Å². The normalized spacial score (nSPS) is 20.0. The van der Waals surface area contributed by atoms with Crippen LogP contribution < -0.4 is 5.32 Å². The lowest BCUT2D eigenvalue weighted by Gasteiger charge is -2.26. The fourth-order valence-corrected chi connectivity index (χ4v) is 4.68. The molecule has 30 heavy (non-hydrogen) atoms. The van der Waals surface area contributed by atoms with Crippen LogP contribution in [-0.2, 0) is 16.0 Å². The van der Waals surface area contributed by atoms with E-state index in [-0.39, 0.29) is 23.9 Å². The second-order valence-corrected chi connectivity index (χ2v) is 8.54. The number of Topliss-reactive ketones (excluding diaryl/α,β-unsaturated/α-hetero) is 1. The molecule has 2 heterocycles. The van der Waals surface area contributed by atoms with Gasteiger partial charge in [0.1, 0.15) is 12.4 Å². The number of anilines is 1. The van der Waals surface area contributed by atoms with E-state index in [2.05, 4.69) is 15.2 Å². The first-order valence-electron chi connectivity index (χ1n) is 11.2. The number of aliphatic imine (C=N–C) groups is 1. The van der Waals surface area contributed by atoms with E-state index in [1.807, 2.05) is 0 Å². The van der Waals surface area contributed by atoms with Crippen molar-refractivity contribution in [3.63, 3.8) is 0 Å². The Bertz CT molecular complexity index is 884. The van der Waals surface area contributed by atoms with Crippen LogP contribution in [0.25, 0.3) is 0 Å². The van der Waals surface area contributed by atoms with E-state index in [1.165, 1.54) is 25.3 Å². The van der Waals surface area contributed by atoms with Crippen LogP contribution in [0.15, 0.2) is 34.3 Å². The number of nitrogens with zero attached hydrogens (tertiary/aromatic N) is 2. The summed E-state index contributed by atoms with van der Waals surface area (Å²) in [5.41, 5.74) is 4.10. The van der Waals surface area contributed by atoms with E-state index in [0.717, 1.165) is 67.7 Å². The highest BCUT2D eigenvalue weighted by atomic mass is 19.1. The molecule has 1 fully saturated rings. The number of halogens is 1. The zero-order valence-electron chi connectivity index (χ0n) is 17.5. The number of likely N-dealkylation sites (tertiary alicyclic amines) is 1. The van der Waals surface area contributed by atoms with Crippen molar-refractivity contribution in [2.45, 2.75) is 57.8 Å². The van der Waals surface area contributed by atoms with E-state index in [4.69, 9.17) is 0 Å². The largest absolute Gasteiger partial charge is 0.324 e. The highest BCUT2D eigenvalue weighted by Crippen LogP contribution is 2.30. The molecule has 4 rings (SSSR count). The fourth-order valence-electron chi connectivity index (χ4n) is 4.68. The number of benzene rings is 1. The molecule has 1 N–H and O–H groups in total. The molecule has 3 aliphatic rings. The lowest BCUT2D eigenvalue weighted by atomic mass is 9.83. The third-order valence-electron chi connectivity index (χ3n) is 6.35. The van der Waals surface area contributed by atoms with Gasteiger partial charge in [0.25, 0.3) is 0 Å². The Morgan fingerprint density at radius 3 is 2.63 bits per heavy atom. The predicted molar refractivity (Wildman–Crippen MR) is 116 cm³/mol. The van der Waals surface area contributed by atoms with Gasteiger partial charge < -0.3 is 10.2 Å². The number of amides is 1. The van der Waals surface area contributed by atoms with Gasteiger partial charge in [-0.1, -0.05) is 12.5 Å². The first-order valence-corrected chi connectivity index (χ1v) is 11.2. The van der Waals surface area contributed by atoms with Gasteiger partial charge in [-0.3, -0.25) is 14.6 Å². The molecular weight excluding hydrogens is 381 g/mol. The summed E-state index contributed by atoms with van der Waals surface area (Å²) in [6.07, 6.45) is 8.43. The zero-order chi connectivity index (χ0) is 20.9. The van der Waals surface area contributed by atoms with Gasteiger partial charge in [-0.05, 0) is 74.9 Å². The van der Waals surface area contributed by atoms with Crippen molar-refractivity contribution in [2.75, 3.05) is 31.5 Å². The van der Waals surface area contributed by atoms with E-state index < -0.39 is 5.82 Å². The summed E-state index contributed by atoms with van der Waals surface area (Å²) in [4.78, 5) is 31.3. The van der Waals surface area contributed by atoms with Crippen LogP contribution >= 0.6 is 0 Å². The molecule has 1 aromatic rings. The monoisotopic (exact) mass is 411 g/mol. The molecule has 1 aromatic carbocycles. The molecule has 1 saturated heterocycles. The second-order valence-electron chi connectivity index (χ2n) is 8.54. The standard InChI is InChI=1S/C24H30FN3O2/c25-20-9-8-17(14-21-18-6-2-3-7-19(18)23(29)16-26-21)15-22(20)27-24(30)10-13-28-11-4-1-5-12-28/h8-9,15H,1-7,10-14,16H2,(H,27,30). The maximum Gasteiger partial charge on any atom is 0.225 e. The molecule has 1 aliphatic carbocycles. The van der Waals surface area contributed by atoms with Gasteiger partial charge in [0.2, 0.25) is 5.91 Å². The molecule has 6 heteroatoms. The number of hydrogen-bond acceptors (Lipinski definition) is 4. The average Bonchev–Trinajstić information content (AvgIpc) is 2.77. The molecule has 0 saturated carbocycles. The van der Waals surface area contributed by atoms with Gasteiger partial charge >= 0.3 is 0 Å². The first-order chi connectivity index (χ1) is 14.6. The Kier molecular flexibility index (Phi) is 6.72. The number of carbonyl (C=O) groups excluding carboxylic acids is 2. The molecule has 0 radical (unpaired) electrons. The fraction of sp³-hybridized carbons (Fsp3) is 0.542. The lowest BCUT2D eigenvalue weighted by Crippen LogP contribution is -2.32. The summed E-state index contributed by atoms with van der Waals surface area (Å²) in [7, 11) is 0. The maximum atomic E-state index is 14.3. The Balaban J connectivity index is 1.40. The summed E-state index contributed by atoms with van der Waals surface area (Å²) < 4.78 is 14.3. The van der Waals surface area contributed by atoms with Crippen molar-refractivity contribution in [2.24, 2.45) is 4.99 Å². The van der Waals surface area contributed by atoms with Gasteiger partial charge in [0.15, 0.2) is 5.78 Å². The van der Waals surface area contributed by atoms with Gasteiger partial charge in [-0.25, -0.2) is 4.39 Å². The Morgan fingerprint density at radius 2 is 1.83 bits per heavy atom. The molecule has 0 aromatic heterocycles. The van der Waals surface area contributed by atoms with Crippen LogP contribution in [-0.4, -0.2) is 48.5 Å². The highest BCUT2D eigenvalue weighted by Gasteiger charge is 2.26. The predicted octanol–water partition coefficient (Wildman–Crippen LogP) is 4.08. The van der Waals surface area contributed by atoms with Gasteiger partial charge in [-0.2, -0.15) is 0 Å². The number of allylic oxidation sites excluding steroid dienone is 1. The second kappa shape index (κ2) is 9.65. The number of dihydropyridines is 1. The average molecular weight is 412 g/mol. The molecule has 0 bridgehead atoms. The Hall–Kier alpha value is -2.34. The minimum absolute atomic E-state index is 0.147. The number of rotatable bonds is 6. The minimum atomic E-state index is -0.427. The number of carbonyl (C=O) groups is 2. The molecule has 5 nitrogen and oxygen atoms in total. The number of ketones is 1. The molecule has 1 amide bonds. The van der Waals surface area contributed by atoms with Gasteiger partial charge in [0, 0.05) is 30.7 Å². The summed E-state index contributed by atoms with van der Waals surface area (Å²) in [5, 5.41) is 2.74.